The number of aromatic nitrogens is 2. The molecule has 0 saturated carbocycles. The number of anilines is 1. The molecule has 2 heterocycles. The molecule has 1 saturated heterocycles. The van der Waals surface area contributed by atoms with Gasteiger partial charge in [0.15, 0.2) is 11.6 Å². The molecular weight excluding hydrogens is 430 g/mol. The minimum Gasteiger partial charge on any atom is -0.324 e. The Morgan fingerprint density at radius 3 is 2.50 bits per heavy atom. The van der Waals surface area contributed by atoms with Crippen LogP contribution in [0.25, 0.3) is 11.0 Å². The first-order chi connectivity index (χ1) is 15.4. The maximum Gasteiger partial charge on any atom is 0.247 e. The van der Waals surface area contributed by atoms with Gasteiger partial charge in [-0.15, -0.1) is 0 Å². The number of benzene rings is 2. The SMILES string of the molecule is CC(C)C(C(=O)Nc1ccc(CCN2CCSCC2)cc1)n1cnc2cc(F)c(F)cc21. The Kier molecular flexibility index (Phi) is 7.10. The quantitative estimate of drug-likeness (QED) is 0.556. The summed E-state index contributed by atoms with van der Waals surface area (Å²) in [5.74, 6) is 0.199. The van der Waals surface area contributed by atoms with Crippen LogP contribution in [-0.4, -0.2) is 51.5 Å². The fourth-order valence-electron chi connectivity index (χ4n) is 4.08. The molecule has 1 atom stereocenters. The molecular formula is C24H28F2N4OS. The first kappa shape index (κ1) is 22.7. The fourth-order valence-corrected chi connectivity index (χ4v) is 5.06. The second kappa shape index (κ2) is 10.0. The third kappa shape index (κ3) is 5.13. The van der Waals surface area contributed by atoms with Gasteiger partial charge in [-0.2, -0.15) is 11.8 Å². The van der Waals surface area contributed by atoms with Gasteiger partial charge in [-0.05, 0) is 30.0 Å². The minimum absolute atomic E-state index is 0.0810. The lowest BCUT2D eigenvalue weighted by molar-refractivity contribution is -0.120. The Labute approximate surface area is 191 Å². The van der Waals surface area contributed by atoms with Crippen LogP contribution < -0.4 is 5.32 Å². The topological polar surface area (TPSA) is 50.2 Å². The normalized spacial score (nSPS) is 15.9. The van der Waals surface area contributed by atoms with Crippen molar-refractivity contribution in [3.8, 4) is 0 Å². The molecule has 1 unspecified atom stereocenters. The molecule has 4 rings (SSSR count). The minimum atomic E-state index is -0.957. The molecule has 0 radical (unpaired) electrons. The molecule has 1 fully saturated rings. The van der Waals surface area contributed by atoms with Crippen LogP contribution in [0.5, 0.6) is 0 Å². The molecule has 8 heteroatoms. The number of halogens is 2. The van der Waals surface area contributed by atoms with Crippen molar-refractivity contribution in [2.75, 3.05) is 36.5 Å². The van der Waals surface area contributed by atoms with Crippen molar-refractivity contribution < 1.29 is 13.6 Å². The zero-order valence-corrected chi connectivity index (χ0v) is 19.2. The Morgan fingerprint density at radius 1 is 1.12 bits per heavy atom. The number of hydrogen-bond donors (Lipinski definition) is 1. The van der Waals surface area contributed by atoms with Gasteiger partial charge in [0.05, 0.1) is 17.4 Å². The third-order valence-corrected chi connectivity index (χ3v) is 6.80. The average Bonchev–Trinajstić information content (AvgIpc) is 3.16. The molecule has 0 aliphatic carbocycles. The smallest absolute Gasteiger partial charge is 0.247 e. The van der Waals surface area contributed by atoms with E-state index in [2.05, 4.69) is 15.2 Å². The molecule has 1 aromatic heterocycles. The van der Waals surface area contributed by atoms with Crippen LogP contribution >= 0.6 is 11.8 Å². The number of nitrogens with one attached hydrogen (secondary N) is 1. The molecule has 1 N–H and O–H groups in total. The number of nitrogens with zero attached hydrogens (tertiary/aromatic N) is 3. The number of carbonyl (C=O) groups excluding carboxylic acids is 1. The van der Waals surface area contributed by atoms with Crippen LogP contribution in [0, 0.1) is 17.6 Å². The predicted octanol–water partition coefficient (Wildman–Crippen LogP) is 4.74. The van der Waals surface area contributed by atoms with Gasteiger partial charge >= 0.3 is 0 Å². The Morgan fingerprint density at radius 2 is 1.81 bits per heavy atom. The highest BCUT2D eigenvalue weighted by atomic mass is 32.2. The lowest BCUT2D eigenvalue weighted by atomic mass is 10.0. The van der Waals surface area contributed by atoms with Gasteiger partial charge in [-0.3, -0.25) is 4.79 Å². The summed E-state index contributed by atoms with van der Waals surface area (Å²) in [5.41, 5.74) is 2.66. The summed E-state index contributed by atoms with van der Waals surface area (Å²) in [5, 5.41) is 2.97. The second-order valence-electron chi connectivity index (χ2n) is 8.49. The van der Waals surface area contributed by atoms with Crippen LogP contribution in [0.3, 0.4) is 0 Å². The predicted molar refractivity (Wildman–Crippen MR) is 126 cm³/mol. The second-order valence-corrected chi connectivity index (χ2v) is 9.71. The van der Waals surface area contributed by atoms with E-state index in [1.54, 1.807) is 4.57 Å². The van der Waals surface area contributed by atoms with E-state index in [9.17, 15) is 13.6 Å². The number of imidazole rings is 1. The van der Waals surface area contributed by atoms with Crippen LogP contribution in [0.1, 0.15) is 25.5 Å². The highest BCUT2D eigenvalue weighted by molar-refractivity contribution is 7.99. The van der Waals surface area contributed by atoms with Crippen molar-refractivity contribution in [2.24, 2.45) is 5.92 Å². The van der Waals surface area contributed by atoms with Gasteiger partial charge in [0, 0.05) is 49.0 Å². The van der Waals surface area contributed by atoms with Crippen molar-refractivity contribution in [1.82, 2.24) is 14.5 Å². The van der Waals surface area contributed by atoms with Crippen LogP contribution in [0.4, 0.5) is 14.5 Å². The zero-order valence-electron chi connectivity index (χ0n) is 18.4. The average molecular weight is 459 g/mol. The summed E-state index contributed by atoms with van der Waals surface area (Å²) < 4.78 is 29.0. The van der Waals surface area contributed by atoms with Gasteiger partial charge in [0.1, 0.15) is 6.04 Å². The van der Waals surface area contributed by atoms with Crippen molar-refractivity contribution in [1.29, 1.82) is 0 Å². The molecule has 1 aliphatic heterocycles. The largest absolute Gasteiger partial charge is 0.324 e. The van der Waals surface area contributed by atoms with Crippen molar-refractivity contribution in [3.05, 3.63) is 59.9 Å². The van der Waals surface area contributed by atoms with Crippen LogP contribution in [0.2, 0.25) is 0 Å². The van der Waals surface area contributed by atoms with Gasteiger partial charge in [-0.1, -0.05) is 26.0 Å². The summed E-state index contributed by atoms with van der Waals surface area (Å²) in [6, 6.07) is 9.46. The number of rotatable bonds is 7. The van der Waals surface area contributed by atoms with Gasteiger partial charge < -0.3 is 14.8 Å². The third-order valence-electron chi connectivity index (χ3n) is 5.86. The number of hydrogen-bond acceptors (Lipinski definition) is 4. The van der Waals surface area contributed by atoms with Gasteiger partial charge in [0.25, 0.3) is 0 Å². The Hall–Kier alpha value is -2.45. The molecule has 0 spiro atoms. The van der Waals surface area contributed by atoms with Crippen molar-refractivity contribution >= 4 is 34.4 Å². The number of amides is 1. The highest BCUT2D eigenvalue weighted by Crippen LogP contribution is 2.27. The fraction of sp³-hybridized carbons (Fsp3) is 0.417. The summed E-state index contributed by atoms with van der Waals surface area (Å²) in [7, 11) is 0. The van der Waals surface area contributed by atoms with Gasteiger partial charge in [0.2, 0.25) is 5.91 Å². The molecule has 5 nitrogen and oxygen atoms in total. The standard InChI is InChI=1S/C24H28F2N4OS/c1-16(2)23(30-15-27-21-13-19(25)20(26)14-22(21)30)24(31)28-18-5-3-17(4-6-18)7-8-29-9-11-32-12-10-29/h3-6,13-16,23H,7-12H2,1-2H3,(H,28,31). The van der Waals surface area contributed by atoms with E-state index in [-0.39, 0.29) is 11.8 Å². The summed E-state index contributed by atoms with van der Waals surface area (Å²) in [6.07, 6.45) is 2.45. The van der Waals surface area contributed by atoms with Crippen LogP contribution in [-0.2, 0) is 11.2 Å². The molecule has 32 heavy (non-hydrogen) atoms. The van der Waals surface area contributed by atoms with Crippen molar-refractivity contribution in [2.45, 2.75) is 26.3 Å². The van der Waals surface area contributed by atoms with E-state index >= 15 is 0 Å². The summed E-state index contributed by atoms with van der Waals surface area (Å²) in [4.78, 5) is 19.8. The summed E-state index contributed by atoms with van der Waals surface area (Å²) in [6.45, 7) is 7.17. The molecule has 1 aliphatic rings. The monoisotopic (exact) mass is 458 g/mol. The molecule has 1 amide bonds. The van der Waals surface area contributed by atoms with E-state index in [4.69, 9.17) is 0 Å². The van der Waals surface area contributed by atoms with Crippen LogP contribution in [0.15, 0.2) is 42.7 Å². The number of thioether (sulfide) groups is 1. The summed E-state index contributed by atoms with van der Waals surface area (Å²) >= 11 is 2.01. The molecule has 170 valence electrons. The maximum atomic E-state index is 13.8. The maximum absolute atomic E-state index is 13.8. The van der Waals surface area contributed by atoms with Gasteiger partial charge in [-0.25, -0.2) is 13.8 Å². The van der Waals surface area contributed by atoms with Crippen molar-refractivity contribution in [3.63, 3.8) is 0 Å². The number of carbonyl (C=O) groups is 1. The van der Waals surface area contributed by atoms with E-state index in [1.807, 2.05) is 49.9 Å². The zero-order chi connectivity index (χ0) is 22.7. The molecule has 0 bridgehead atoms. The van der Waals surface area contributed by atoms with E-state index in [0.29, 0.717) is 16.7 Å². The highest BCUT2D eigenvalue weighted by Gasteiger charge is 2.26. The molecule has 3 aromatic rings. The van der Waals surface area contributed by atoms with E-state index in [0.717, 1.165) is 38.2 Å². The first-order valence-corrected chi connectivity index (χ1v) is 12.1. The van der Waals surface area contributed by atoms with E-state index in [1.165, 1.54) is 23.4 Å². The lowest BCUT2D eigenvalue weighted by Crippen LogP contribution is -2.34. The Bertz CT molecular complexity index is 1080. The Balaban J connectivity index is 1.45. The lowest BCUT2D eigenvalue weighted by Gasteiger charge is -2.26. The van der Waals surface area contributed by atoms with E-state index < -0.39 is 17.7 Å². The molecule has 2 aromatic carbocycles. The number of fused-ring (bicyclic) bond motifs is 1. The first-order valence-electron chi connectivity index (χ1n) is 10.9.